The number of nitrogens with zero attached hydrogens (tertiary/aromatic N) is 2. The lowest BCUT2D eigenvalue weighted by atomic mass is 9.96. The second kappa shape index (κ2) is 5.51. The molecule has 0 atom stereocenters. The number of benzene rings is 1. The van der Waals surface area contributed by atoms with Crippen LogP contribution in [-0.4, -0.2) is 29.5 Å². The molecule has 1 aliphatic heterocycles. The molecule has 20 heavy (non-hydrogen) atoms. The fraction of sp³-hybridized carbons (Fsp3) is 0.471. The van der Waals surface area contributed by atoms with Crippen LogP contribution in [0.2, 0.25) is 0 Å². The lowest BCUT2D eigenvalue weighted by molar-refractivity contribution is 0.308. The van der Waals surface area contributed by atoms with Gasteiger partial charge in [-0.2, -0.15) is 0 Å². The Bertz CT molecular complexity index is 619. The molecular weight excluding hydrogens is 246 g/mol. The number of fused-ring (bicyclic) bond motifs is 2. The first kappa shape index (κ1) is 13.5. The fourth-order valence-corrected chi connectivity index (χ4v) is 2.92. The minimum Gasteiger partial charge on any atom is -0.310 e. The Kier molecular flexibility index (Phi) is 3.72. The normalized spacial score (nSPS) is 15.8. The molecule has 0 radical (unpaired) electrons. The SMILES string of the molecule is CC(C)NCc1c2c(nc3ccccc13)CCN(C)C2. The number of para-hydroxylation sites is 1. The highest BCUT2D eigenvalue weighted by atomic mass is 15.1. The first-order chi connectivity index (χ1) is 9.65. The summed E-state index contributed by atoms with van der Waals surface area (Å²) in [6.45, 7) is 7.44. The Morgan fingerprint density at radius 3 is 2.90 bits per heavy atom. The van der Waals surface area contributed by atoms with Crippen molar-refractivity contribution in [2.24, 2.45) is 0 Å². The molecule has 0 aliphatic carbocycles. The summed E-state index contributed by atoms with van der Waals surface area (Å²) >= 11 is 0. The van der Waals surface area contributed by atoms with E-state index < -0.39 is 0 Å². The summed E-state index contributed by atoms with van der Waals surface area (Å²) in [7, 11) is 2.19. The van der Waals surface area contributed by atoms with Crippen molar-refractivity contribution in [2.45, 2.75) is 39.4 Å². The monoisotopic (exact) mass is 269 g/mol. The summed E-state index contributed by atoms with van der Waals surface area (Å²) in [5, 5.41) is 4.87. The maximum Gasteiger partial charge on any atom is 0.0708 e. The number of aromatic nitrogens is 1. The summed E-state index contributed by atoms with van der Waals surface area (Å²) in [5.41, 5.74) is 5.30. The zero-order valence-electron chi connectivity index (χ0n) is 12.6. The third-order valence-electron chi connectivity index (χ3n) is 4.04. The van der Waals surface area contributed by atoms with Crippen LogP contribution in [0.15, 0.2) is 24.3 Å². The molecule has 0 saturated carbocycles. The molecule has 1 N–H and O–H groups in total. The van der Waals surface area contributed by atoms with Crippen molar-refractivity contribution in [2.75, 3.05) is 13.6 Å². The van der Waals surface area contributed by atoms with Gasteiger partial charge < -0.3 is 10.2 Å². The van der Waals surface area contributed by atoms with E-state index >= 15 is 0 Å². The molecule has 3 nitrogen and oxygen atoms in total. The summed E-state index contributed by atoms with van der Waals surface area (Å²) in [6, 6.07) is 9.03. The summed E-state index contributed by atoms with van der Waals surface area (Å²) in [6.07, 6.45) is 1.06. The van der Waals surface area contributed by atoms with E-state index in [0.717, 1.165) is 31.6 Å². The molecule has 3 rings (SSSR count). The van der Waals surface area contributed by atoms with E-state index in [2.05, 4.69) is 55.4 Å². The molecule has 1 aromatic carbocycles. The molecule has 0 amide bonds. The second-order valence-corrected chi connectivity index (χ2v) is 6.06. The van der Waals surface area contributed by atoms with Crippen LogP contribution in [0.4, 0.5) is 0 Å². The first-order valence-electron chi connectivity index (χ1n) is 7.46. The van der Waals surface area contributed by atoms with Gasteiger partial charge in [-0.05, 0) is 24.2 Å². The number of nitrogens with one attached hydrogen (secondary N) is 1. The molecule has 3 heteroatoms. The average molecular weight is 269 g/mol. The number of hydrogen-bond acceptors (Lipinski definition) is 3. The molecule has 2 aromatic rings. The van der Waals surface area contributed by atoms with Gasteiger partial charge in [-0.3, -0.25) is 4.98 Å². The van der Waals surface area contributed by atoms with Gasteiger partial charge >= 0.3 is 0 Å². The third-order valence-corrected chi connectivity index (χ3v) is 4.04. The van der Waals surface area contributed by atoms with Crippen LogP contribution in [-0.2, 0) is 19.5 Å². The Hall–Kier alpha value is -1.45. The zero-order chi connectivity index (χ0) is 14.1. The Labute approximate surface area is 121 Å². The smallest absolute Gasteiger partial charge is 0.0708 e. The van der Waals surface area contributed by atoms with Gasteiger partial charge in [0.05, 0.1) is 5.52 Å². The number of rotatable bonds is 3. The van der Waals surface area contributed by atoms with Crippen LogP contribution < -0.4 is 5.32 Å². The van der Waals surface area contributed by atoms with Gasteiger partial charge in [0.15, 0.2) is 0 Å². The summed E-state index contributed by atoms with van der Waals surface area (Å²) in [5.74, 6) is 0. The topological polar surface area (TPSA) is 28.2 Å². The van der Waals surface area contributed by atoms with Gasteiger partial charge in [0.1, 0.15) is 0 Å². The van der Waals surface area contributed by atoms with E-state index in [4.69, 9.17) is 4.98 Å². The average Bonchev–Trinajstić information content (AvgIpc) is 2.43. The molecular formula is C17H23N3. The van der Waals surface area contributed by atoms with Gasteiger partial charge in [-0.15, -0.1) is 0 Å². The second-order valence-electron chi connectivity index (χ2n) is 6.06. The van der Waals surface area contributed by atoms with Gasteiger partial charge in [-0.25, -0.2) is 0 Å². The van der Waals surface area contributed by atoms with E-state index in [1.165, 1.54) is 22.2 Å². The first-order valence-corrected chi connectivity index (χ1v) is 7.46. The van der Waals surface area contributed by atoms with E-state index in [1.54, 1.807) is 0 Å². The molecule has 1 aromatic heterocycles. The highest BCUT2D eigenvalue weighted by molar-refractivity contribution is 5.83. The zero-order valence-corrected chi connectivity index (χ0v) is 12.6. The van der Waals surface area contributed by atoms with Crippen LogP contribution in [0.5, 0.6) is 0 Å². The summed E-state index contributed by atoms with van der Waals surface area (Å²) in [4.78, 5) is 7.27. The molecule has 106 valence electrons. The summed E-state index contributed by atoms with van der Waals surface area (Å²) < 4.78 is 0. The minimum atomic E-state index is 0.499. The maximum atomic E-state index is 4.88. The van der Waals surface area contributed by atoms with Crippen LogP contribution in [0.3, 0.4) is 0 Å². The molecule has 0 saturated heterocycles. The van der Waals surface area contributed by atoms with Crippen molar-refractivity contribution < 1.29 is 0 Å². The van der Waals surface area contributed by atoms with E-state index in [-0.39, 0.29) is 0 Å². The standard InChI is InChI=1S/C17H23N3/c1-12(2)18-10-14-13-6-4-5-7-16(13)19-17-8-9-20(3)11-15(14)17/h4-7,12,18H,8-11H2,1-3H3. The van der Waals surface area contributed by atoms with Crippen molar-refractivity contribution in [3.05, 3.63) is 41.1 Å². The molecule has 0 fully saturated rings. The van der Waals surface area contributed by atoms with Gasteiger partial charge in [-0.1, -0.05) is 32.0 Å². The van der Waals surface area contributed by atoms with E-state index in [9.17, 15) is 0 Å². The van der Waals surface area contributed by atoms with Crippen molar-refractivity contribution in [1.29, 1.82) is 0 Å². The van der Waals surface area contributed by atoms with Crippen molar-refractivity contribution in [3.8, 4) is 0 Å². The predicted molar refractivity (Wildman–Crippen MR) is 83.8 cm³/mol. The Balaban J connectivity index is 2.13. The van der Waals surface area contributed by atoms with Gasteiger partial charge in [0, 0.05) is 43.2 Å². The Morgan fingerprint density at radius 1 is 1.30 bits per heavy atom. The Morgan fingerprint density at radius 2 is 2.10 bits per heavy atom. The third kappa shape index (κ3) is 2.56. The van der Waals surface area contributed by atoms with Crippen LogP contribution in [0.1, 0.15) is 30.7 Å². The van der Waals surface area contributed by atoms with Crippen molar-refractivity contribution >= 4 is 10.9 Å². The minimum absolute atomic E-state index is 0.499. The molecule has 2 heterocycles. The van der Waals surface area contributed by atoms with Crippen molar-refractivity contribution in [1.82, 2.24) is 15.2 Å². The maximum absolute atomic E-state index is 4.88. The quantitative estimate of drug-likeness (QED) is 0.928. The van der Waals surface area contributed by atoms with E-state index in [0.29, 0.717) is 6.04 Å². The number of hydrogen-bond donors (Lipinski definition) is 1. The lowest BCUT2D eigenvalue weighted by Crippen LogP contribution is -2.30. The van der Waals surface area contributed by atoms with E-state index in [1.807, 2.05) is 0 Å². The molecule has 0 bridgehead atoms. The van der Waals surface area contributed by atoms with Gasteiger partial charge in [0.2, 0.25) is 0 Å². The fourth-order valence-electron chi connectivity index (χ4n) is 2.92. The van der Waals surface area contributed by atoms with Crippen LogP contribution in [0, 0.1) is 0 Å². The highest BCUT2D eigenvalue weighted by Gasteiger charge is 2.20. The van der Waals surface area contributed by atoms with Crippen molar-refractivity contribution in [3.63, 3.8) is 0 Å². The van der Waals surface area contributed by atoms with Gasteiger partial charge in [0.25, 0.3) is 0 Å². The highest BCUT2D eigenvalue weighted by Crippen LogP contribution is 2.27. The number of pyridine rings is 1. The molecule has 0 spiro atoms. The molecule has 1 aliphatic rings. The largest absolute Gasteiger partial charge is 0.310 e. The molecule has 0 unspecified atom stereocenters. The number of likely N-dealkylation sites (N-methyl/N-ethyl adjacent to an activating group) is 1. The van der Waals surface area contributed by atoms with Crippen LogP contribution in [0.25, 0.3) is 10.9 Å². The van der Waals surface area contributed by atoms with Crippen LogP contribution >= 0.6 is 0 Å². The lowest BCUT2D eigenvalue weighted by Gasteiger charge is -2.27. The predicted octanol–water partition coefficient (Wildman–Crippen LogP) is 2.72.